The second kappa shape index (κ2) is 4.85. The van der Waals surface area contributed by atoms with Crippen LogP contribution in [0.4, 0.5) is 5.82 Å². The second-order valence-corrected chi connectivity index (χ2v) is 4.23. The van der Waals surface area contributed by atoms with Crippen molar-refractivity contribution >= 4 is 17.4 Å². The summed E-state index contributed by atoms with van der Waals surface area (Å²) in [5.74, 6) is 0.418. The predicted octanol–water partition coefficient (Wildman–Crippen LogP) is 0.107. The number of carbonyl (C=O) groups is 1. The van der Waals surface area contributed by atoms with Crippen LogP contribution in [0.1, 0.15) is 0 Å². The minimum Gasteiger partial charge on any atom is -0.467 e. The Morgan fingerprint density at radius 1 is 1.53 bits per heavy atom. The van der Waals surface area contributed by atoms with Crippen LogP contribution < -0.4 is 4.90 Å². The molecule has 1 saturated heterocycles. The first-order chi connectivity index (χ1) is 9.29. The van der Waals surface area contributed by atoms with Crippen LogP contribution in [-0.4, -0.2) is 53.5 Å². The summed E-state index contributed by atoms with van der Waals surface area (Å²) in [5.41, 5.74) is 0.743. The summed E-state index contributed by atoms with van der Waals surface area (Å²) in [5, 5.41) is 4.09. The zero-order chi connectivity index (χ0) is 13.2. The largest absolute Gasteiger partial charge is 0.467 e. The standard InChI is InChI=1S/C12H14N4O3/c1-18-12(17)9-8-19-7-6-15(9)10-3-5-16-11(14-10)2-4-13-16/h2-5,9H,6-8H2,1H3. The second-order valence-electron chi connectivity index (χ2n) is 4.23. The normalized spacial score (nSPS) is 19.6. The van der Waals surface area contributed by atoms with E-state index in [2.05, 4.69) is 10.1 Å². The highest BCUT2D eigenvalue weighted by molar-refractivity contribution is 5.80. The van der Waals surface area contributed by atoms with Crippen molar-refractivity contribution in [2.45, 2.75) is 6.04 Å². The molecule has 0 aromatic carbocycles. The number of methoxy groups -OCH3 is 1. The van der Waals surface area contributed by atoms with Crippen molar-refractivity contribution in [2.75, 3.05) is 31.8 Å². The quantitative estimate of drug-likeness (QED) is 0.715. The molecular weight excluding hydrogens is 248 g/mol. The first kappa shape index (κ1) is 11.9. The Bertz CT molecular complexity index is 597. The molecular formula is C12H14N4O3. The van der Waals surface area contributed by atoms with E-state index in [1.807, 2.05) is 23.2 Å². The number of ether oxygens (including phenoxy) is 2. The molecule has 0 saturated carbocycles. The lowest BCUT2D eigenvalue weighted by molar-refractivity contribution is -0.144. The Balaban J connectivity index is 1.94. The Hall–Kier alpha value is -2.15. The van der Waals surface area contributed by atoms with Crippen LogP contribution in [0.3, 0.4) is 0 Å². The van der Waals surface area contributed by atoms with E-state index in [1.165, 1.54) is 7.11 Å². The number of morpholine rings is 1. The lowest BCUT2D eigenvalue weighted by atomic mass is 10.2. The molecule has 1 aliphatic heterocycles. The van der Waals surface area contributed by atoms with Crippen LogP contribution in [-0.2, 0) is 14.3 Å². The summed E-state index contributed by atoms with van der Waals surface area (Å²) in [6.45, 7) is 1.50. The molecule has 3 heterocycles. The maximum Gasteiger partial charge on any atom is 0.330 e. The highest BCUT2D eigenvalue weighted by Crippen LogP contribution is 2.18. The summed E-state index contributed by atoms with van der Waals surface area (Å²) in [4.78, 5) is 18.2. The lowest BCUT2D eigenvalue weighted by Crippen LogP contribution is -2.51. The molecule has 1 aliphatic rings. The summed E-state index contributed by atoms with van der Waals surface area (Å²) in [7, 11) is 1.38. The molecule has 3 rings (SSSR count). The number of anilines is 1. The molecule has 1 atom stereocenters. The molecule has 0 spiro atoms. The number of carbonyl (C=O) groups excluding carboxylic acids is 1. The lowest BCUT2D eigenvalue weighted by Gasteiger charge is -2.34. The molecule has 0 bridgehead atoms. The van der Waals surface area contributed by atoms with Gasteiger partial charge in [0, 0.05) is 18.8 Å². The van der Waals surface area contributed by atoms with Gasteiger partial charge < -0.3 is 14.4 Å². The third-order valence-corrected chi connectivity index (χ3v) is 3.14. The molecule has 7 heteroatoms. The Labute approximate surface area is 109 Å². The average Bonchev–Trinajstić information content (AvgIpc) is 2.93. The molecule has 1 fully saturated rings. The summed E-state index contributed by atoms with van der Waals surface area (Å²) >= 11 is 0. The molecule has 100 valence electrons. The van der Waals surface area contributed by atoms with Crippen LogP contribution in [0.15, 0.2) is 24.5 Å². The number of esters is 1. The van der Waals surface area contributed by atoms with Gasteiger partial charge in [-0.25, -0.2) is 14.3 Å². The fraction of sp³-hybridized carbons (Fsp3) is 0.417. The van der Waals surface area contributed by atoms with Gasteiger partial charge in [-0.1, -0.05) is 0 Å². The number of aromatic nitrogens is 3. The number of nitrogens with zero attached hydrogens (tertiary/aromatic N) is 4. The maximum absolute atomic E-state index is 11.8. The van der Waals surface area contributed by atoms with Crippen LogP contribution in [0.5, 0.6) is 0 Å². The number of fused-ring (bicyclic) bond motifs is 1. The molecule has 0 aliphatic carbocycles. The first-order valence-electron chi connectivity index (χ1n) is 6.02. The van der Waals surface area contributed by atoms with E-state index < -0.39 is 6.04 Å². The van der Waals surface area contributed by atoms with Crippen LogP contribution in [0, 0.1) is 0 Å². The van der Waals surface area contributed by atoms with Crippen LogP contribution >= 0.6 is 0 Å². The van der Waals surface area contributed by atoms with Gasteiger partial charge in [0.1, 0.15) is 5.82 Å². The molecule has 0 amide bonds. The van der Waals surface area contributed by atoms with Gasteiger partial charge in [-0.3, -0.25) is 0 Å². The van der Waals surface area contributed by atoms with Gasteiger partial charge in [0.05, 0.1) is 26.5 Å². The Morgan fingerprint density at radius 2 is 2.42 bits per heavy atom. The van der Waals surface area contributed by atoms with E-state index in [0.29, 0.717) is 19.8 Å². The molecule has 0 radical (unpaired) electrons. The van der Waals surface area contributed by atoms with Gasteiger partial charge in [0.25, 0.3) is 0 Å². The predicted molar refractivity (Wildman–Crippen MR) is 67.0 cm³/mol. The van der Waals surface area contributed by atoms with E-state index in [-0.39, 0.29) is 5.97 Å². The molecule has 1 unspecified atom stereocenters. The minimum atomic E-state index is -0.448. The smallest absolute Gasteiger partial charge is 0.330 e. The average molecular weight is 262 g/mol. The van der Waals surface area contributed by atoms with Crippen LogP contribution in [0.2, 0.25) is 0 Å². The Morgan fingerprint density at radius 3 is 3.26 bits per heavy atom. The zero-order valence-corrected chi connectivity index (χ0v) is 10.5. The molecule has 2 aromatic rings. The number of hydrogen-bond acceptors (Lipinski definition) is 6. The van der Waals surface area contributed by atoms with Crippen LogP contribution in [0.25, 0.3) is 5.65 Å². The first-order valence-corrected chi connectivity index (χ1v) is 6.02. The van der Waals surface area contributed by atoms with E-state index in [0.717, 1.165) is 11.5 Å². The van der Waals surface area contributed by atoms with Crippen molar-refractivity contribution in [1.82, 2.24) is 14.6 Å². The number of rotatable bonds is 2. The maximum atomic E-state index is 11.8. The van der Waals surface area contributed by atoms with Gasteiger partial charge >= 0.3 is 5.97 Å². The molecule has 19 heavy (non-hydrogen) atoms. The van der Waals surface area contributed by atoms with E-state index >= 15 is 0 Å². The molecule has 7 nitrogen and oxygen atoms in total. The zero-order valence-electron chi connectivity index (χ0n) is 10.5. The van der Waals surface area contributed by atoms with Crippen molar-refractivity contribution in [3.05, 3.63) is 24.5 Å². The van der Waals surface area contributed by atoms with E-state index in [9.17, 15) is 4.79 Å². The van der Waals surface area contributed by atoms with Crippen molar-refractivity contribution in [1.29, 1.82) is 0 Å². The van der Waals surface area contributed by atoms with Crippen molar-refractivity contribution in [3.63, 3.8) is 0 Å². The van der Waals surface area contributed by atoms with Gasteiger partial charge in [0.15, 0.2) is 11.7 Å². The van der Waals surface area contributed by atoms with Gasteiger partial charge in [0.2, 0.25) is 0 Å². The summed E-state index contributed by atoms with van der Waals surface area (Å²) in [6.07, 6.45) is 3.50. The van der Waals surface area contributed by atoms with Crippen molar-refractivity contribution in [2.24, 2.45) is 0 Å². The van der Waals surface area contributed by atoms with E-state index in [4.69, 9.17) is 9.47 Å². The van der Waals surface area contributed by atoms with Crippen molar-refractivity contribution in [3.8, 4) is 0 Å². The third kappa shape index (κ3) is 2.12. The van der Waals surface area contributed by atoms with E-state index in [1.54, 1.807) is 10.7 Å². The molecule has 2 aromatic heterocycles. The topological polar surface area (TPSA) is 69.0 Å². The SMILES string of the molecule is COC(=O)C1COCCN1c1ccn2nccc2n1. The fourth-order valence-corrected chi connectivity index (χ4v) is 2.17. The summed E-state index contributed by atoms with van der Waals surface area (Å²) < 4.78 is 11.8. The minimum absolute atomic E-state index is 0.310. The highest BCUT2D eigenvalue weighted by atomic mass is 16.5. The molecule has 0 N–H and O–H groups in total. The third-order valence-electron chi connectivity index (χ3n) is 3.14. The number of hydrogen-bond donors (Lipinski definition) is 0. The highest BCUT2D eigenvalue weighted by Gasteiger charge is 2.31. The monoisotopic (exact) mass is 262 g/mol. The van der Waals surface area contributed by atoms with Gasteiger partial charge in [-0.2, -0.15) is 5.10 Å². The summed E-state index contributed by atoms with van der Waals surface area (Å²) in [6, 6.07) is 3.20. The Kier molecular flexibility index (Phi) is 3.04. The fourth-order valence-electron chi connectivity index (χ4n) is 2.17. The van der Waals surface area contributed by atoms with Gasteiger partial charge in [-0.05, 0) is 6.07 Å². The van der Waals surface area contributed by atoms with Gasteiger partial charge in [-0.15, -0.1) is 0 Å². The van der Waals surface area contributed by atoms with Crippen molar-refractivity contribution < 1.29 is 14.3 Å².